The molecule has 0 saturated heterocycles. The summed E-state index contributed by atoms with van der Waals surface area (Å²) in [4.78, 5) is 40.1. The monoisotopic (exact) mass is 435 g/mol. The zero-order valence-electron chi connectivity index (χ0n) is 19.8. The lowest BCUT2D eigenvalue weighted by molar-refractivity contribution is -0.164. The third kappa shape index (κ3) is 8.01. The van der Waals surface area contributed by atoms with Crippen LogP contribution in [0.25, 0.3) is 4.85 Å². The van der Waals surface area contributed by atoms with Crippen LogP contribution in [0.15, 0.2) is 11.8 Å². The zero-order valence-corrected chi connectivity index (χ0v) is 19.8. The number of rotatable bonds is 10. The number of allylic oxidation sites excluding steroid dienone is 1. The van der Waals surface area contributed by atoms with Gasteiger partial charge in [0.15, 0.2) is 0 Å². The van der Waals surface area contributed by atoms with Crippen molar-refractivity contribution in [2.45, 2.75) is 73.1 Å². The molecule has 1 atom stereocenters. The Labute approximate surface area is 186 Å². The highest BCUT2D eigenvalue weighted by molar-refractivity contribution is 5.90. The van der Waals surface area contributed by atoms with E-state index >= 15 is 0 Å². The van der Waals surface area contributed by atoms with Gasteiger partial charge in [0.2, 0.25) is 0 Å². The molecule has 0 bridgehead atoms. The average molecular weight is 436 g/mol. The number of hydrogen-bond donors (Lipinski definition) is 0. The normalized spacial score (nSPS) is 21.4. The second kappa shape index (κ2) is 11.9. The van der Waals surface area contributed by atoms with Crippen LogP contribution in [0.2, 0.25) is 0 Å². The van der Waals surface area contributed by atoms with Crippen LogP contribution in [0.1, 0.15) is 73.1 Å². The molecule has 1 fully saturated rings. The first-order chi connectivity index (χ1) is 14.5. The average Bonchev–Trinajstić information content (AvgIpc) is 2.74. The molecule has 31 heavy (non-hydrogen) atoms. The molecule has 1 saturated carbocycles. The SMILES string of the molecule is [C-]#[N+]/C(=C\C1CCC(C)CC1)C(=O)OCCOC(=O)C(C)(CC)CC(C)(C)C(=O)OC. The summed E-state index contributed by atoms with van der Waals surface area (Å²) in [5.74, 6) is -0.612. The Kier molecular flexibility index (Phi) is 10.2. The maximum Gasteiger partial charge on any atom is 0.336 e. The number of hydrogen-bond acceptors (Lipinski definition) is 6. The Morgan fingerprint density at radius 2 is 1.61 bits per heavy atom. The van der Waals surface area contributed by atoms with Crippen molar-refractivity contribution in [1.82, 2.24) is 0 Å². The molecule has 0 N–H and O–H groups in total. The molecule has 1 aliphatic carbocycles. The summed E-state index contributed by atoms with van der Waals surface area (Å²) < 4.78 is 15.3. The summed E-state index contributed by atoms with van der Waals surface area (Å²) >= 11 is 0. The van der Waals surface area contributed by atoms with Gasteiger partial charge in [0.1, 0.15) is 13.2 Å². The van der Waals surface area contributed by atoms with E-state index in [4.69, 9.17) is 20.8 Å². The van der Waals surface area contributed by atoms with E-state index in [0.717, 1.165) is 25.7 Å². The highest BCUT2D eigenvalue weighted by Gasteiger charge is 2.42. The number of carbonyl (C=O) groups is 3. The molecule has 0 heterocycles. The fourth-order valence-corrected chi connectivity index (χ4v) is 4.01. The van der Waals surface area contributed by atoms with Crippen LogP contribution in [-0.4, -0.2) is 38.2 Å². The quantitative estimate of drug-likeness (QED) is 0.162. The van der Waals surface area contributed by atoms with Crippen molar-refractivity contribution >= 4 is 17.9 Å². The number of ether oxygens (including phenoxy) is 3. The minimum absolute atomic E-state index is 0.0101. The lowest BCUT2D eigenvalue weighted by atomic mass is 9.72. The smallest absolute Gasteiger partial charge is 0.336 e. The lowest BCUT2D eigenvalue weighted by Crippen LogP contribution is -2.38. The predicted molar refractivity (Wildman–Crippen MR) is 117 cm³/mol. The van der Waals surface area contributed by atoms with E-state index in [1.165, 1.54) is 7.11 Å². The second-order valence-electron chi connectivity index (χ2n) is 9.42. The first-order valence-corrected chi connectivity index (χ1v) is 11.0. The molecule has 7 heteroatoms. The number of nitrogens with zero attached hydrogens (tertiary/aromatic N) is 1. The van der Waals surface area contributed by atoms with Crippen LogP contribution < -0.4 is 0 Å². The van der Waals surface area contributed by atoms with E-state index in [0.29, 0.717) is 12.3 Å². The summed E-state index contributed by atoms with van der Waals surface area (Å²) in [6.07, 6.45) is 6.62. The van der Waals surface area contributed by atoms with Gasteiger partial charge in [-0.25, -0.2) is 4.85 Å². The molecular weight excluding hydrogens is 398 g/mol. The molecule has 0 aromatic heterocycles. The Morgan fingerprint density at radius 1 is 1.03 bits per heavy atom. The summed E-state index contributed by atoms with van der Waals surface area (Å²) in [5.41, 5.74) is -1.72. The van der Waals surface area contributed by atoms with E-state index in [2.05, 4.69) is 11.8 Å². The fourth-order valence-electron chi connectivity index (χ4n) is 4.01. The van der Waals surface area contributed by atoms with Crippen LogP contribution in [0, 0.1) is 29.2 Å². The first-order valence-electron chi connectivity index (χ1n) is 11.0. The van der Waals surface area contributed by atoms with Crippen LogP contribution >= 0.6 is 0 Å². The topological polar surface area (TPSA) is 83.3 Å². The maximum absolute atomic E-state index is 12.6. The minimum Gasteiger partial charge on any atom is -0.469 e. The highest BCUT2D eigenvalue weighted by atomic mass is 16.6. The summed E-state index contributed by atoms with van der Waals surface area (Å²) in [7, 11) is 1.32. The summed E-state index contributed by atoms with van der Waals surface area (Å²) in [6, 6.07) is 0. The van der Waals surface area contributed by atoms with Gasteiger partial charge in [-0.2, -0.15) is 0 Å². The molecule has 7 nitrogen and oxygen atoms in total. The molecule has 1 rings (SSSR count). The zero-order chi connectivity index (χ0) is 23.7. The van der Waals surface area contributed by atoms with E-state index < -0.39 is 22.8 Å². The Bertz CT molecular complexity index is 712. The molecule has 0 radical (unpaired) electrons. The van der Waals surface area contributed by atoms with E-state index in [-0.39, 0.29) is 37.2 Å². The maximum atomic E-state index is 12.6. The third-order valence-electron chi connectivity index (χ3n) is 6.18. The van der Waals surface area contributed by atoms with Gasteiger partial charge < -0.3 is 14.2 Å². The van der Waals surface area contributed by atoms with Gasteiger partial charge in [0.25, 0.3) is 5.70 Å². The minimum atomic E-state index is -0.874. The van der Waals surface area contributed by atoms with Crippen molar-refractivity contribution in [1.29, 1.82) is 0 Å². The Hall–Kier alpha value is -2.36. The van der Waals surface area contributed by atoms with Gasteiger partial charge in [-0.15, -0.1) is 0 Å². The first kappa shape index (κ1) is 26.7. The van der Waals surface area contributed by atoms with E-state index in [9.17, 15) is 14.4 Å². The van der Waals surface area contributed by atoms with Gasteiger partial charge in [-0.1, -0.05) is 32.8 Å². The largest absolute Gasteiger partial charge is 0.469 e. The van der Waals surface area contributed by atoms with Gasteiger partial charge in [0, 0.05) is 0 Å². The Morgan fingerprint density at radius 3 is 2.13 bits per heavy atom. The van der Waals surface area contributed by atoms with E-state index in [1.807, 2.05) is 6.92 Å². The van der Waals surface area contributed by atoms with Gasteiger partial charge in [-0.3, -0.25) is 14.4 Å². The van der Waals surface area contributed by atoms with Crippen LogP contribution in [0.4, 0.5) is 0 Å². The van der Waals surface area contributed by atoms with Crippen molar-refractivity contribution in [3.05, 3.63) is 23.2 Å². The van der Waals surface area contributed by atoms with Gasteiger partial charge in [0.05, 0.1) is 24.5 Å². The van der Waals surface area contributed by atoms with E-state index in [1.54, 1.807) is 26.8 Å². The van der Waals surface area contributed by atoms with Gasteiger partial charge in [-0.05, 0) is 58.3 Å². The van der Waals surface area contributed by atoms with Crippen LogP contribution in [0.5, 0.6) is 0 Å². The van der Waals surface area contributed by atoms with Crippen LogP contribution in [0.3, 0.4) is 0 Å². The molecule has 0 aliphatic heterocycles. The van der Waals surface area contributed by atoms with Gasteiger partial charge >= 0.3 is 17.9 Å². The summed E-state index contributed by atoms with van der Waals surface area (Å²) in [6.45, 7) is 16.3. The number of methoxy groups -OCH3 is 1. The second-order valence-corrected chi connectivity index (χ2v) is 9.42. The molecule has 174 valence electrons. The molecule has 0 spiro atoms. The molecule has 1 unspecified atom stereocenters. The molecule has 0 amide bonds. The van der Waals surface area contributed by atoms with Crippen molar-refractivity contribution in [2.24, 2.45) is 22.7 Å². The fraction of sp³-hybridized carbons (Fsp3) is 0.750. The lowest BCUT2D eigenvalue weighted by Gasteiger charge is -2.33. The van der Waals surface area contributed by atoms with Crippen molar-refractivity contribution in [3.63, 3.8) is 0 Å². The Balaban J connectivity index is 2.55. The van der Waals surface area contributed by atoms with Crippen molar-refractivity contribution in [3.8, 4) is 0 Å². The predicted octanol–water partition coefficient (Wildman–Crippen LogP) is 4.71. The van der Waals surface area contributed by atoms with Crippen molar-refractivity contribution in [2.75, 3.05) is 20.3 Å². The number of esters is 3. The molecule has 0 aromatic carbocycles. The molecule has 0 aromatic rings. The molecular formula is C24H37NO6. The number of carbonyl (C=O) groups excluding carboxylic acids is 3. The highest BCUT2D eigenvalue weighted by Crippen LogP contribution is 2.38. The van der Waals surface area contributed by atoms with Crippen LogP contribution in [-0.2, 0) is 28.6 Å². The molecule has 1 aliphatic rings. The third-order valence-corrected chi connectivity index (χ3v) is 6.18. The summed E-state index contributed by atoms with van der Waals surface area (Å²) in [5, 5.41) is 0. The standard InChI is InChI=1S/C24H37NO6/c1-8-24(5,16-23(3,4)21(27)29-7)22(28)31-14-13-30-20(26)19(25-6)15-18-11-9-17(2)10-12-18/h15,17-18H,8-14,16H2,1-5,7H3/b19-15-. The van der Waals surface area contributed by atoms with Crippen molar-refractivity contribution < 1.29 is 28.6 Å².